The molecule has 34 heavy (non-hydrogen) atoms. The van der Waals surface area contributed by atoms with Crippen molar-refractivity contribution in [2.45, 2.75) is 19.9 Å². The first kappa shape index (κ1) is 23.2. The number of carbonyl (C=O) groups is 3. The Morgan fingerprint density at radius 1 is 0.735 bits per heavy atom. The van der Waals surface area contributed by atoms with Crippen LogP contribution in [0.2, 0.25) is 0 Å². The Labute approximate surface area is 200 Å². The number of amides is 3. The molecule has 1 fully saturated rings. The van der Waals surface area contributed by atoms with Crippen LogP contribution in [-0.2, 0) is 22.6 Å². The predicted octanol–water partition coefficient (Wildman–Crippen LogP) is 3.77. The highest BCUT2D eigenvalue weighted by molar-refractivity contribution is 6.06. The van der Waals surface area contributed by atoms with Gasteiger partial charge in [0.1, 0.15) is 0 Å². The van der Waals surface area contributed by atoms with Gasteiger partial charge in [0.2, 0.25) is 11.8 Å². The van der Waals surface area contributed by atoms with Crippen LogP contribution in [0, 0.1) is 0 Å². The van der Waals surface area contributed by atoms with E-state index in [2.05, 4.69) is 0 Å². The number of anilines is 1. The second kappa shape index (κ2) is 10.8. The molecular weight excluding hydrogens is 426 g/mol. The van der Waals surface area contributed by atoms with Crippen LogP contribution in [-0.4, -0.2) is 53.7 Å². The van der Waals surface area contributed by atoms with Gasteiger partial charge in [-0.1, -0.05) is 60.7 Å². The Morgan fingerprint density at radius 3 is 1.97 bits per heavy atom. The number of hydrogen-bond donors (Lipinski definition) is 0. The minimum atomic E-state index is -0.0896. The van der Waals surface area contributed by atoms with Gasteiger partial charge in [-0.15, -0.1) is 0 Å². The Morgan fingerprint density at radius 2 is 1.32 bits per heavy atom. The molecule has 1 aliphatic rings. The molecule has 4 rings (SSSR count). The van der Waals surface area contributed by atoms with Crippen molar-refractivity contribution in [2.75, 3.05) is 31.1 Å². The van der Waals surface area contributed by atoms with Crippen LogP contribution in [0.3, 0.4) is 0 Å². The predicted molar refractivity (Wildman–Crippen MR) is 132 cm³/mol. The Balaban J connectivity index is 1.53. The second-order valence-corrected chi connectivity index (χ2v) is 8.48. The van der Waals surface area contributed by atoms with Gasteiger partial charge in [-0.3, -0.25) is 14.4 Å². The molecule has 0 aliphatic carbocycles. The SMILES string of the molecule is CC(=O)N1CCN(C(=O)Cc2cccc(N(Cc3ccccc3)C(=O)c3ccccc3)c2)CC1. The van der Waals surface area contributed by atoms with Crippen molar-refractivity contribution in [1.82, 2.24) is 9.80 Å². The normalized spacial score (nSPS) is 13.4. The Kier molecular flexibility index (Phi) is 7.38. The average Bonchev–Trinajstić information content (AvgIpc) is 2.88. The molecule has 3 aromatic rings. The Bertz CT molecular complexity index is 1140. The summed E-state index contributed by atoms with van der Waals surface area (Å²) in [4.78, 5) is 43.2. The maximum atomic E-state index is 13.4. The third kappa shape index (κ3) is 5.70. The standard InChI is InChI=1S/C28H29N3O3/c1-22(32)29-15-17-30(18-16-29)27(33)20-24-11-8-14-26(19-24)31(21-23-9-4-2-5-10-23)28(34)25-12-6-3-7-13-25/h2-14,19H,15-18,20-21H2,1H3. The van der Waals surface area contributed by atoms with E-state index in [-0.39, 0.29) is 24.1 Å². The van der Waals surface area contributed by atoms with Gasteiger partial charge in [-0.2, -0.15) is 0 Å². The second-order valence-electron chi connectivity index (χ2n) is 8.48. The van der Waals surface area contributed by atoms with Gasteiger partial charge in [0.25, 0.3) is 5.91 Å². The summed E-state index contributed by atoms with van der Waals surface area (Å²) in [6.45, 7) is 4.21. The van der Waals surface area contributed by atoms with Crippen LogP contribution in [0.15, 0.2) is 84.9 Å². The molecule has 0 atom stereocenters. The van der Waals surface area contributed by atoms with E-state index in [0.29, 0.717) is 38.3 Å². The van der Waals surface area contributed by atoms with Crippen LogP contribution in [0.5, 0.6) is 0 Å². The van der Waals surface area contributed by atoms with Gasteiger partial charge in [0.05, 0.1) is 13.0 Å². The summed E-state index contributed by atoms with van der Waals surface area (Å²) < 4.78 is 0. The molecule has 0 unspecified atom stereocenters. The topological polar surface area (TPSA) is 60.9 Å². The lowest BCUT2D eigenvalue weighted by Crippen LogP contribution is -2.50. The van der Waals surface area contributed by atoms with Crippen molar-refractivity contribution in [3.05, 3.63) is 102 Å². The van der Waals surface area contributed by atoms with Crippen molar-refractivity contribution < 1.29 is 14.4 Å². The molecule has 174 valence electrons. The molecule has 0 bridgehead atoms. The van der Waals surface area contributed by atoms with Gasteiger partial charge >= 0.3 is 0 Å². The zero-order valence-corrected chi connectivity index (χ0v) is 19.4. The molecule has 1 heterocycles. The zero-order valence-electron chi connectivity index (χ0n) is 19.4. The van der Waals surface area contributed by atoms with Crippen LogP contribution in [0.25, 0.3) is 0 Å². The lowest BCUT2D eigenvalue weighted by Gasteiger charge is -2.34. The highest BCUT2D eigenvalue weighted by atomic mass is 16.2. The van der Waals surface area contributed by atoms with E-state index in [4.69, 9.17) is 0 Å². The van der Waals surface area contributed by atoms with E-state index in [9.17, 15) is 14.4 Å². The molecule has 6 nitrogen and oxygen atoms in total. The summed E-state index contributed by atoms with van der Waals surface area (Å²) in [7, 11) is 0. The molecule has 1 aliphatic heterocycles. The molecule has 0 saturated carbocycles. The van der Waals surface area contributed by atoms with Crippen LogP contribution in [0.4, 0.5) is 5.69 Å². The minimum Gasteiger partial charge on any atom is -0.339 e. The fourth-order valence-electron chi connectivity index (χ4n) is 4.17. The maximum absolute atomic E-state index is 13.4. The smallest absolute Gasteiger partial charge is 0.258 e. The molecule has 0 radical (unpaired) electrons. The van der Waals surface area contributed by atoms with Gasteiger partial charge in [0, 0.05) is 44.4 Å². The van der Waals surface area contributed by atoms with Crippen molar-refractivity contribution >= 4 is 23.4 Å². The first-order valence-electron chi connectivity index (χ1n) is 11.5. The third-order valence-corrected chi connectivity index (χ3v) is 6.10. The molecule has 6 heteroatoms. The first-order chi connectivity index (χ1) is 16.5. The molecule has 0 aromatic heterocycles. The van der Waals surface area contributed by atoms with Crippen LogP contribution in [0.1, 0.15) is 28.4 Å². The number of benzene rings is 3. The molecule has 1 saturated heterocycles. The van der Waals surface area contributed by atoms with Gasteiger partial charge < -0.3 is 14.7 Å². The van der Waals surface area contributed by atoms with E-state index in [0.717, 1.165) is 16.8 Å². The monoisotopic (exact) mass is 455 g/mol. The lowest BCUT2D eigenvalue weighted by molar-refractivity contribution is -0.138. The lowest BCUT2D eigenvalue weighted by atomic mass is 10.1. The quantitative estimate of drug-likeness (QED) is 0.569. The third-order valence-electron chi connectivity index (χ3n) is 6.10. The number of carbonyl (C=O) groups excluding carboxylic acids is 3. The summed E-state index contributed by atoms with van der Waals surface area (Å²) >= 11 is 0. The van der Waals surface area contributed by atoms with E-state index >= 15 is 0 Å². The molecule has 3 amide bonds. The maximum Gasteiger partial charge on any atom is 0.258 e. The van der Waals surface area contributed by atoms with Crippen LogP contribution >= 0.6 is 0 Å². The molecule has 0 spiro atoms. The number of hydrogen-bond acceptors (Lipinski definition) is 3. The largest absolute Gasteiger partial charge is 0.339 e. The van der Waals surface area contributed by atoms with Crippen molar-refractivity contribution in [3.63, 3.8) is 0 Å². The minimum absolute atomic E-state index is 0.0318. The molecule has 0 N–H and O–H groups in total. The van der Waals surface area contributed by atoms with Crippen molar-refractivity contribution in [1.29, 1.82) is 0 Å². The van der Waals surface area contributed by atoms with E-state index in [1.807, 2.05) is 89.8 Å². The van der Waals surface area contributed by atoms with Gasteiger partial charge in [-0.05, 0) is 35.4 Å². The summed E-state index contributed by atoms with van der Waals surface area (Å²) in [5.41, 5.74) is 3.25. The molecular formula is C28H29N3O3. The fraction of sp³-hybridized carbons (Fsp3) is 0.250. The van der Waals surface area contributed by atoms with Gasteiger partial charge in [-0.25, -0.2) is 0 Å². The van der Waals surface area contributed by atoms with Gasteiger partial charge in [0.15, 0.2) is 0 Å². The average molecular weight is 456 g/mol. The first-order valence-corrected chi connectivity index (χ1v) is 11.5. The number of nitrogens with zero attached hydrogens (tertiary/aromatic N) is 3. The van der Waals surface area contributed by atoms with E-state index in [1.54, 1.807) is 16.7 Å². The summed E-state index contributed by atoms with van der Waals surface area (Å²) in [6.07, 6.45) is 0.257. The summed E-state index contributed by atoms with van der Waals surface area (Å²) in [6, 6.07) is 26.7. The number of rotatable bonds is 6. The fourth-order valence-corrected chi connectivity index (χ4v) is 4.17. The van der Waals surface area contributed by atoms with Crippen molar-refractivity contribution in [3.8, 4) is 0 Å². The zero-order chi connectivity index (χ0) is 23.9. The van der Waals surface area contributed by atoms with Crippen LogP contribution < -0.4 is 4.90 Å². The van der Waals surface area contributed by atoms with E-state index < -0.39 is 0 Å². The summed E-state index contributed by atoms with van der Waals surface area (Å²) in [5, 5.41) is 0. The highest BCUT2D eigenvalue weighted by Gasteiger charge is 2.23. The van der Waals surface area contributed by atoms with Crippen molar-refractivity contribution in [2.24, 2.45) is 0 Å². The highest BCUT2D eigenvalue weighted by Crippen LogP contribution is 2.22. The van der Waals surface area contributed by atoms with E-state index in [1.165, 1.54) is 0 Å². The summed E-state index contributed by atoms with van der Waals surface area (Å²) in [5.74, 6) is -0.0148. The Hall–Kier alpha value is -3.93. The number of piperazine rings is 1. The molecule has 3 aromatic carbocycles.